The predicted octanol–water partition coefficient (Wildman–Crippen LogP) is 2.44. The Hall–Kier alpha value is -1.16. The highest BCUT2D eigenvalue weighted by Crippen LogP contribution is 2.35. The van der Waals surface area contributed by atoms with Crippen molar-refractivity contribution in [3.8, 4) is 0 Å². The summed E-state index contributed by atoms with van der Waals surface area (Å²) in [7, 11) is -1.08. The van der Waals surface area contributed by atoms with Gasteiger partial charge in [0.1, 0.15) is 5.75 Å². The molecule has 2 unspecified atom stereocenters. The van der Waals surface area contributed by atoms with Crippen LogP contribution in [0.25, 0.3) is 0 Å². The fraction of sp³-hybridized carbons (Fsp3) is 0.562. The summed E-state index contributed by atoms with van der Waals surface area (Å²) < 4.78 is 12.5. The van der Waals surface area contributed by atoms with Gasteiger partial charge in [-0.05, 0) is 43.2 Å². The molecule has 1 aliphatic heterocycles. The summed E-state index contributed by atoms with van der Waals surface area (Å²) in [5.74, 6) is 0.270. The van der Waals surface area contributed by atoms with E-state index in [0.717, 1.165) is 38.8 Å². The third-order valence-corrected chi connectivity index (χ3v) is 6.03. The first-order valence-corrected chi connectivity index (χ1v) is 8.86. The average Bonchev–Trinajstić information content (AvgIpc) is 2.92. The second-order valence-corrected chi connectivity index (χ2v) is 7.31. The quantitative estimate of drug-likeness (QED) is 0.858. The molecule has 0 bridgehead atoms. The maximum Gasteiger partial charge on any atom is 0.235 e. The van der Waals surface area contributed by atoms with Crippen LogP contribution in [0.2, 0.25) is 0 Å². The summed E-state index contributed by atoms with van der Waals surface area (Å²) in [5, 5.41) is 0.0555. The molecule has 0 aromatic heterocycles. The highest BCUT2D eigenvalue weighted by Gasteiger charge is 2.29. The molecule has 0 spiro atoms. The Kier molecular flexibility index (Phi) is 4.20. The lowest BCUT2D eigenvalue weighted by molar-refractivity contribution is -0.129. The lowest BCUT2D eigenvalue weighted by Gasteiger charge is -2.27. The molecule has 2 aliphatic rings. The molecule has 1 aromatic rings. The van der Waals surface area contributed by atoms with E-state index in [1.54, 1.807) is 0 Å². The van der Waals surface area contributed by atoms with Gasteiger partial charge in [0.15, 0.2) is 0 Å². The van der Waals surface area contributed by atoms with Gasteiger partial charge in [0.25, 0.3) is 0 Å². The van der Waals surface area contributed by atoms with Crippen molar-refractivity contribution in [3.05, 3.63) is 35.4 Å². The minimum atomic E-state index is -1.08. The number of hydrogen-bond donors (Lipinski definition) is 0. The molecule has 1 aliphatic carbocycles. The minimum Gasteiger partial charge on any atom is -0.342 e. The number of hydrogen-bond acceptors (Lipinski definition) is 2. The SMILES string of the molecule is O=C(CS(=O)C1CCc2ccccc21)N1CCCCC1. The van der Waals surface area contributed by atoms with Crippen LogP contribution in [0.4, 0.5) is 0 Å². The first-order valence-electron chi connectivity index (χ1n) is 7.48. The van der Waals surface area contributed by atoms with Crippen molar-refractivity contribution in [1.82, 2.24) is 4.90 Å². The maximum absolute atomic E-state index is 12.5. The molecule has 4 heteroatoms. The molecular weight excluding hydrogens is 270 g/mol. The molecule has 3 nitrogen and oxygen atoms in total. The Balaban J connectivity index is 1.64. The first-order chi connectivity index (χ1) is 9.75. The summed E-state index contributed by atoms with van der Waals surface area (Å²) in [6.45, 7) is 1.69. The lowest BCUT2D eigenvalue weighted by Crippen LogP contribution is -2.38. The van der Waals surface area contributed by atoms with Gasteiger partial charge in [-0.25, -0.2) is 0 Å². The number of benzene rings is 1. The fourth-order valence-corrected chi connectivity index (χ4v) is 4.77. The fourth-order valence-electron chi connectivity index (χ4n) is 3.25. The predicted molar refractivity (Wildman–Crippen MR) is 80.9 cm³/mol. The van der Waals surface area contributed by atoms with Gasteiger partial charge >= 0.3 is 0 Å². The van der Waals surface area contributed by atoms with Gasteiger partial charge in [0.2, 0.25) is 5.91 Å². The summed E-state index contributed by atoms with van der Waals surface area (Å²) in [6.07, 6.45) is 5.29. The highest BCUT2D eigenvalue weighted by molar-refractivity contribution is 7.86. The van der Waals surface area contributed by atoms with Gasteiger partial charge in [-0.2, -0.15) is 0 Å². The van der Waals surface area contributed by atoms with Crippen molar-refractivity contribution in [2.45, 2.75) is 37.4 Å². The minimum absolute atomic E-state index is 0.0555. The van der Waals surface area contributed by atoms with Crippen LogP contribution in [0.15, 0.2) is 24.3 Å². The van der Waals surface area contributed by atoms with Crippen LogP contribution in [0.5, 0.6) is 0 Å². The number of amides is 1. The number of fused-ring (bicyclic) bond motifs is 1. The van der Waals surface area contributed by atoms with Crippen molar-refractivity contribution in [3.63, 3.8) is 0 Å². The zero-order valence-corrected chi connectivity index (χ0v) is 12.5. The van der Waals surface area contributed by atoms with E-state index in [9.17, 15) is 9.00 Å². The number of nitrogens with zero attached hydrogens (tertiary/aromatic N) is 1. The van der Waals surface area contributed by atoms with Crippen LogP contribution >= 0.6 is 0 Å². The monoisotopic (exact) mass is 291 g/mol. The molecule has 0 N–H and O–H groups in total. The number of likely N-dealkylation sites (tertiary alicyclic amines) is 1. The van der Waals surface area contributed by atoms with Crippen molar-refractivity contribution in [1.29, 1.82) is 0 Å². The average molecular weight is 291 g/mol. The number of carbonyl (C=O) groups excluding carboxylic acids is 1. The number of piperidine rings is 1. The Bertz CT molecular complexity index is 523. The second-order valence-electron chi connectivity index (χ2n) is 5.69. The zero-order chi connectivity index (χ0) is 13.9. The summed E-state index contributed by atoms with van der Waals surface area (Å²) in [4.78, 5) is 14.1. The van der Waals surface area contributed by atoms with Crippen LogP contribution in [0.3, 0.4) is 0 Å². The largest absolute Gasteiger partial charge is 0.342 e. The van der Waals surface area contributed by atoms with Crippen LogP contribution < -0.4 is 0 Å². The molecule has 20 heavy (non-hydrogen) atoms. The highest BCUT2D eigenvalue weighted by atomic mass is 32.2. The molecule has 108 valence electrons. The third kappa shape index (κ3) is 2.80. The van der Waals surface area contributed by atoms with Crippen LogP contribution in [-0.2, 0) is 22.0 Å². The molecule has 3 rings (SSSR count). The van der Waals surface area contributed by atoms with Crippen molar-refractivity contribution >= 4 is 16.7 Å². The van der Waals surface area contributed by atoms with Gasteiger partial charge < -0.3 is 4.90 Å². The number of carbonyl (C=O) groups is 1. The van der Waals surface area contributed by atoms with Crippen LogP contribution in [0.1, 0.15) is 42.1 Å². The maximum atomic E-state index is 12.5. The molecular formula is C16H21NO2S. The molecule has 2 atom stereocenters. The standard InChI is InChI=1S/C16H21NO2S/c18-16(17-10-4-1-5-11-17)12-20(19)15-9-8-13-6-2-3-7-14(13)15/h2-3,6-7,15H,1,4-5,8-12H2. The Morgan fingerprint density at radius 2 is 1.95 bits per heavy atom. The number of aryl methyl sites for hydroxylation is 1. The van der Waals surface area contributed by atoms with E-state index in [-0.39, 0.29) is 16.9 Å². The number of rotatable bonds is 3. The van der Waals surface area contributed by atoms with E-state index < -0.39 is 10.8 Å². The molecule has 1 fully saturated rings. The third-order valence-electron chi connectivity index (χ3n) is 4.37. The Labute approximate surface area is 122 Å². The first kappa shape index (κ1) is 13.8. The Morgan fingerprint density at radius 1 is 1.20 bits per heavy atom. The van der Waals surface area contributed by atoms with Crippen molar-refractivity contribution in [2.75, 3.05) is 18.8 Å². The normalized spacial score (nSPS) is 23.4. The van der Waals surface area contributed by atoms with Gasteiger partial charge in [-0.15, -0.1) is 0 Å². The lowest BCUT2D eigenvalue weighted by atomic mass is 10.1. The van der Waals surface area contributed by atoms with Gasteiger partial charge in [-0.3, -0.25) is 9.00 Å². The van der Waals surface area contributed by atoms with Gasteiger partial charge in [0.05, 0.1) is 5.25 Å². The van der Waals surface area contributed by atoms with E-state index in [0.29, 0.717) is 0 Å². The molecule has 0 saturated carbocycles. The Morgan fingerprint density at radius 3 is 2.75 bits per heavy atom. The van der Waals surface area contributed by atoms with Gasteiger partial charge in [-0.1, -0.05) is 24.3 Å². The van der Waals surface area contributed by atoms with Crippen molar-refractivity contribution in [2.24, 2.45) is 0 Å². The molecule has 1 saturated heterocycles. The second kappa shape index (κ2) is 6.08. The summed E-state index contributed by atoms with van der Waals surface area (Å²) >= 11 is 0. The zero-order valence-electron chi connectivity index (χ0n) is 11.7. The van der Waals surface area contributed by atoms with E-state index in [4.69, 9.17) is 0 Å². The molecule has 1 aromatic carbocycles. The molecule has 0 radical (unpaired) electrons. The summed E-state index contributed by atoms with van der Waals surface area (Å²) in [6, 6.07) is 8.21. The van der Waals surface area contributed by atoms with E-state index in [1.165, 1.54) is 17.5 Å². The van der Waals surface area contributed by atoms with Crippen LogP contribution in [0, 0.1) is 0 Å². The van der Waals surface area contributed by atoms with Crippen LogP contribution in [-0.4, -0.2) is 33.9 Å². The topological polar surface area (TPSA) is 37.4 Å². The molecule has 1 heterocycles. The van der Waals surface area contributed by atoms with E-state index >= 15 is 0 Å². The van der Waals surface area contributed by atoms with E-state index in [2.05, 4.69) is 12.1 Å². The molecule has 1 amide bonds. The smallest absolute Gasteiger partial charge is 0.235 e. The van der Waals surface area contributed by atoms with E-state index in [1.807, 2.05) is 17.0 Å². The van der Waals surface area contributed by atoms with Crippen molar-refractivity contribution < 1.29 is 9.00 Å². The summed E-state index contributed by atoms with van der Waals surface area (Å²) in [5.41, 5.74) is 2.49. The van der Waals surface area contributed by atoms with Gasteiger partial charge in [0, 0.05) is 23.9 Å².